The third kappa shape index (κ3) is 0.889. The normalized spacial score (nSPS) is 39.4. The Balaban J connectivity index is 2.20. The van der Waals surface area contributed by atoms with E-state index in [1.807, 2.05) is 0 Å². The van der Waals surface area contributed by atoms with E-state index in [0.29, 0.717) is 0 Å². The van der Waals surface area contributed by atoms with E-state index in [9.17, 15) is 0 Å². The van der Waals surface area contributed by atoms with Crippen molar-refractivity contribution in [1.29, 1.82) is 0 Å². The molecular weight excluding hydrogens is 96.0 g/mol. The van der Waals surface area contributed by atoms with Crippen molar-refractivity contribution in [3.8, 4) is 0 Å². The average molecular weight is 104 g/mol. The first-order valence-corrected chi connectivity index (χ1v) is 2.04. The molecule has 42 valence electrons. The number of hydroxylamine groups is 2. The van der Waals surface area contributed by atoms with Crippen molar-refractivity contribution in [3.05, 3.63) is 0 Å². The molecule has 0 radical (unpaired) electrons. The Labute approximate surface area is 41.4 Å². The molecule has 1 heterocycles. The summed E-state index contributed by atoms with van der Waals surface area (Å²) in [6.07, 6.45) is -0.546. The summed E-state index contributed by atoms with van der Waals surface area (Å²) in [7, 11) is 1.50. The van der Waals surface area contributed by atoms with Crippen molar-refractivity contribution in [2.75, 3.05) is 7.05 Å². The van der Waals surface area contributed by atoms with Gasteiger partial charge in [-0.05, 0) is 0 Å². The molecule has 4 nitrogen and oxygen atoms in total. The SMILES string of the molecule is CN(O)C1OC1N. The molecule has 2 atom stereocenters. The quantitative estimate of drug-likeness (QED) is 0.329. The van der Waals surface area contributed by atoms with Crippen molar-refractivity contribution in [3.63, 3.8) is 0 Å². The zero-order valence-electron chi connectivity index (χ0n) is 4.03. The van der Waals surface area contributed by atoms with E-state index in [1.54, 1.807) is 0 Å². The van der Waals surface area contributed by atoms with E-state index in [0.717, 1.165) is 5.06 Å². The third-order valence-corrected chi connectivity index (χ3v) is 0.869. The van der Waals surface area contributed by atoms with Crippen molar-refractivity contribution in [2.24, 2.45) is 5.73 Å². The molecule has 1 saturated heterocycles. The Hall–Kier alpha value is -0.160. The minimum absolute atomic E-state index is 0.264. The second-order valence-corrected chi connectivity index (χ2v) is 1.56. The fraction of sp³-hybridized carbons (Fsp3) is 1.00. The van der Waals surface area contributed by atoms with E-state index in [1.165, 1.54) is 7.05 Å². The van der Waals surface area contributed by atoms with E-state index >= 15 is 0 Å². The van der Waals surface area contributed by atoms with Gasteiger partial charge in [0.05, 0.1) is 0 Å². The van der Waals surface area contributed by atoms with Gasteiger partial charge in [0, 0.05) is 7.05 Å². The van der Waals surface area contributed by atoms with E-state index in [2.05, 4.69) is 4.74 Å². The summed E-state index contributed by atoms with van der Waals surface area (Å²) in [5, 5.41) is 9.44. The highest BCUT2D eigenvalue weighted by atomic mass is 16.7. The van der Waals surface area contributed by atoms with Crippen LogP contribution in [0.2, 0.25) is 0 Å². The molecule has 0 aliphatic carbocycles. The predicted molar refractivity (Wildman–Crippen MR) is 22.4 cm³/mol. The summed E-state index contributed by atoms with van der Waals surface area (Å²) >= 11 is 0. The first kappa shape index (κ1) is 4.99. The smallest absolute Gasteiger partial charge is 0.173 e. The van der Waals surface area contributed by atoms with Crippen LogP contribution < -0.4 is 5.73 Å². The first-order chi connectivity index (χ1) is 3.22. The molecule has 1 aliphatic heterocycles. The van der Waals surface area contributed by atoms with Crippen LogP contribution in [-0.4, -0.2) is 29.8 Å². The molecule has 0 spiro atoms. The lowest BCUT2D eigenvalue weighted by Crippen LogP contribution is -2.21. The molecule has 0 amide bonds. The van der Waals surface area contributed by atoms with Crippen LogP contribution in [0, 0.1) is 0 Å². The minimum Gasteiger partial charge on any atom is -0.335 e. The van der Waals surface area contributed by atoms with Gasteiger partial charge in [0.1, 0.15) is 6.23 Å². The molecule has 1 rings (SSSR count). The van der Waals surface area contributed by atoms with Crippen molar-refractivity contribution >= 4 is 0 Å². The number of rotatable bonds is 1. The number of likely N-dealkylation sites (N-methyl/N-ethyl adjacent to an activating group) is 1. The topological polar surface area (TPSA) is 62.0 Å². The van der Waals surface area contributed by atoms with Gasteiger partial charge in [-0.15, -0.1) is 0 Å². The molecule has 2 unspecified atom stereocenters. The van der Waals surface area contributed by atoms with Gasteiger partial charge in [0.25, 0.3) is 0 Å². The van der Waals surface area contributed by atoms with Crippen LogP contribution in [0.25, 0.3) is 0 Å². The Kier molecular flexibility index (Phi) is 1.01. The largest absolute Gasteiger partial charge is 0.335 e. The summed E-state index contributed by atoms with van der Waals surface area (Å²) in [6.45, 7) is 0. The molecule has 0 saturated carbocycles. The molecule has 4 heteroatoms. The van der Waals surface area contributed by atoms with Crippen LogP contribution in [0.5, 0.6) is 0 Å². The van der Waals surface area contributed by atoms with Gasteiger partial charge in [0.15, 0.2) is 6.23 Å². The van der Waals surface area contributed by atoms with Gasteiger partial charge in [-0.3, -0.25) is 0 Å². The fourth-order valence-electron chi connectivity index (χ4n) is 0.416. The number of hydrogen-bond acceptors (Lipinski definition) is 4. The lowest BCUT2D eigenvalue weighted by atomic mass is 10.7. The Morgan fingerprint density at radius 3 is 2.29 bits per heavy atom. The highest BCUT2D eigenvalue weighted by Gasteiger charge is 2.38. The summed E-state index contributed by atoms with van der Waals surface area (Å²) in [5.41, 5.74) is 5.14. The zero-order valence-corrected chi connectivity index (χ0v) is 4.03. The van der Waals surface area contributed by atoms with Crippen LogP contribution in [0.3, 0.4) is 0 Å². The zero-order chi connectivity index (χ0) is 5.44. The second kappa shape index (κ2) is 1.41. The van der Waals surface area contributed by atoms with Crippen LogP contribution in [0.4, 0.5) is 0 Å². The highest BCUT2D eigenvalue weighted by Crippen LogP contribution is 2.16. The van der Waals surface area contributed by atoms with Crippen LogP contribution in [0.1, 0.15) is 0 Å². The van der Waals surface area contributed by atoms with Crippen LogP contribution >= 0.6 is 0 Å². The van der Waals surface area contributed by atoms with Gasteiger partial charge >= 0.3 is 0 Å². The van der Waals surface area contributed by atoms with Gasteiger partial charge in [-0.2, -0.15) is 5.06 Å². The Morgan fingerprint density at radius 2 is 2.29 bits per heavy atom. The van der Waals surface area contributed by atoms with Gasteiger partial charge in [0.2, 0.25) is 0 Å². The molecule has 1 fully saturated rings. The Morgan fingerprint density at radius 1 is 1.86 bits per heavy atom. The maximum absolute atomic E-state index is 8.49. The van der Waals surface area contributed by atoms with Crippen molar-refractivity contribution < 1.29 is 9.94 Å². The molecule has 3 N–H and O–H groups in total. The third-order valence-electron chi connectivity index (χ3n) is 0.869. The molecule has 0 aromatic rings. The van der Waals surface area contributed by atoms with Crippen LogP contribution in [0.15, 0.2) is 0 Å². The van der Waals surface area contributed by atoms with E-state index in [4.69, 9.17) is 10.9 Å². The molecule has 7 heavy (non-hydrogen) atoms. The molecule has 1 aliphatic rings. The summed E-state index contributed by atoms with van der Waals surface area (Å²) < 4.78 is 4.63. The maximum Gasteiger partial charge on any atom is 0.173 e. The number of ether oxygens (including phenoxy) is 1. The molecule has 0 aromatic heterocycles. The average Bonchev–Trinajstić information content (AvgIpc) is 2.17. The Bertz CT molecular complexity index is 75.3. The lowest BCUT2D eigenvalue weighted by molar-refractivity contribution is -0.0998. The van der Waals surface area contributed by atoms with Gasteiger partial charge in [-0.25, -0.2) is 0 Å². The van der Waals surface area contributed by atoms with Gasteiger partial charge < -0.3 is 15.7 Å². The summed E-state index contributed by atoms with van der Waals surface area (Å²) in [5.74, 6) is 0. The van der Waals surface area contributed by atoms with Crippen LogP contribution in [-0.2, 0) is 4.74 Å². The minimum atomic E-state index is -0.282. The van der Waals surface area contributed by atoms with Crippen molar-refractivity contribution in [1.82, 2.24) is 5.06 Å². The number of nitrogens with zero attached hydrogens (tertiary/aromatic N) is 1. The van der Waals surface area contributed by atoms with Crippen molar-refractivity contribution in [2.45, 2.75) is 12.5 Å². The standard InChI is InChI=1S/C3H8N2O2/c1-5(6)3-2(4)7-3/h2-3,6H,4H2,1H3. The lowest BCUT2D eigenvalue weighted by Gasteiger charge is -1.98. The van der Waals surface area contributed by atoms with E-state index < -0.39 is 0 Å². The van der Waals surface area contributed by atoms with Gasteiger partial charge in [-0.1, -0.05) is 0 Å². The highest BCUT2D eigenvalue weighted by molar-refractivity contribution is 4.72. The number of epoxide rings is 1. The summed E-state index contributed by atoms with van der Waals surface area (Å²) in [4.78, 5) is 0. The maximum atomic E-state index is 8.49. The molecule has 0 bridgehead atoms. The first-order valence-electron chi connectivity index (χ1n) is 2.04. The number of hydrogen-bond donors (Lipinski definition) is 2. The fourth-order valence-corrected chi connectivity index (χ4v) is 0.416. The summed E-state index contributed by atoms with van der Waals surface area (Å²) in [6, 6.07) is 0. The number of nitrogens with two attached hydrogens (primary N) is 1. The molecule has 0 aromatic carbocycles. The monoisotopic (exact) mass is 104 g/mol. The van der Waals surface area contributed by atoms with E-state index in [-0.39, 0.29) is 12.5 Å². The predicted octanol–water partition coefficient (Wildman–Crippen LogP) is -1.05. The molecular formula is C3H8N2O2. The second-order valence-electron chi connectivity index (χ2n) is 1.56.